The van der Waals surface area contributed by atoms with Gasteiger partial charge in [-0.1, -0.05) is 0 Å². The van der Waals surface area contributed by atoms with Gasteiger partial charge < -0.3 is 10.5 Å². The molecule has 0 saturated carbocycles. The van der Waals surface area contributed by atoms with Crippen LogP contribution in [-0.2, 0) is 4.74 Å². The number of carbonyl (C=O) groups excluding carboxylic acids is 1. The van der Waals surface area contributed by atoms with Gasteiger partial charge in [-0.05, 0) is 6.07 Å². The van der Waals surface area contributed by atoms with Crippen LogP contribution in [0.1, 0.15) is 16.1 Å². The van der Waals surface area contributed by atoms with E-state index in [9.17, 15) is 4.79 Å². The van der Waals surface area contributed by atoms with E-state index in [-0.39, 0.29) is 16.9 Å². The zero-order chi connectivity index (χ0) is 9.84. The Morgan fingerprint density at radius 2 is 2.46 bits per heavy atom. The summed E-state index contributed by atoms with van der Waals surface area (Å²) in [6.45, 7) is 0. The largest absolute Gasteiger partial charge is 0.464 e. The number of ether oxygens (including phenoxy) is 1. The molecule has 0 aliphatic heterocycles. The number of rotatable bonds is 1. The van der Waals surface area contributed by atoms with Gasteiger partial charge in [0.05, 0.1) is 24.6 Å². The average molecular weight is 177 g/mol. The first kappa shape index (κ1) is 9.00. The van der Waals surface area contributed by atoms with Gasteiger partial charge in [-0.3, -0.25) is 0 Å². The standard InChI is InChI=1S/C8H7N3O2/c1-13-8(12)7-2-5(3-9)6(10)4-11-7/h2,4H,10H2,1H3. The van der Waals surface area contributed by atoms with Crippen LogP contribution in [0.5, 0.6) is 0 Å². The first-order valence-electron chi connectivity index (χ1n) is 3.43. The molecule has 66 valence electrons. The normalized spacial score (nSPS) is 8.92. The van der Waals surface area contributed by atoms with E-state index in [4.69, 9.17) is 11.0 Å². The van der Waals surface area contributed by atoms with E-state index in [2.05, 4.69) is 9.72 Å². The Labute approximate surface area is 74.8 Å². The van der Waals surface area contributed by atoms with Crippen molar-refractivity contribution >= 4 is 11.7 Å². The second kappa shape index (κ2) is 3.54. The highest BCUT2D eigenvalue weighted by atomic mass is 16.5. The number of nitrogens with zero attached hydrogens (tertiary/aromatic N) is 2. The molecule has 5 heteroatoms. The number of aromatic nitrogens is 1. The molecular formula is C8H7N3O2. The fourth-order valence-electron chi connectivity index (χ4n) is 0.779. The van der Waals surface area contributed by atoms with E-state index in [0.717, 1.165) is 0 Å². The number of hydrogen-bond acceptors (Lipinski definition) is 5. The molecule has 0 amide bonds. The number of carbonyl (C=O) groups is 1. The smallest absolute Gasteiger partial charge is 0.356 e. The van der Waals surface area contributed by atoms with Crippen LogP contribution in [0.2, 0.25) is 0 Å². The maximum Gasteiger partial charge on any atom is 0.356 e. The van der Waals surface area contributed by atoms with Crippen LogP contribution in [0.4, 0.5) is 5.69 Å². The minimum absolute atomic E-state index is 0.0771. The van der Waals surface area contributed by atoms with E-state index >= 15 is 0 Å². The van der Waals surface area contributed by atoms with E-state index in [0.29, 0.717) is 0 Å². The lowest BCUT2D eigenvalue weighted by Crippen LogP contribution is -2.05. The van der Waals surface area contributed by atoms with Crippen molar-refractivity contribution in [1.29, 1.82) is 5.26 Å². The fraction of sp³-hybridized carbons (Fsp3) is 0.125. The van der Waals surface area contributed by atoms with Gasteiger partial charge in [0.1, 0.15) is 11.8 Å². The van der Waals surface area contributed by atoms with Gasteiger partial charge in [0.25, 0.3) is 0 Å². The Balaban J connectivity index is 3.15. The molecule has 0 atom stereocenters. The average Bonchev–Trinajstić information content (AvgIpc) is 2.17. The lowest BCUT2D eigenvalue weighted by molar-refractivity contribution is 0.0594. The van der Waals surface area contributed by atoms with Crippen molar-refractivity contribution in [3.8, 4) is 6.07 Å². The van der Waals surface area contributed by atoms with Crippen molar-refractivity contribution in [3.05, 3.63) is 23.5 Å². The zero-order valence-corrected chi connectivity index (χ0v) is 6.94. The molecule has 5 nitrogen and oxygen atoms in total. The van der Waals surface area contributed by atoms with Crippen LogP contribution in [0.15, 0.2) is 12.3 Å². The summed E-state index contributed by atoms with van der Waals surface area (Å²) >= 11 is 0. The Kier molecular flexibility index (Phi) is 2.45. The molecule has 1 aromatic rings. The van der Waals surface area contributed by atoms with Crippen molar-refractivity contribution in [3.63, 3.8) is 0 Å². The SMILES string of the molecule is COC(=O)c1cc(C#N)c(N)cn1. The lowest BCUT2D eigenvalue weighted by Gasteiger charge is -1.99. The van der Waals surface area contributed by atoms with Gasteiger partial charge in [0.2, 0.25) is 0 Å². The van der Waals surface area contributed by atoms with Crippen molar-refractivity contribution < 1.29 is 9.53 Å². The van der Waals surface area contributed by atoms with Gasteiger partial charge in [-0.15, -0.1) is 0 Å². The Hall–Kier alpha value is -2.09. The maximum absolute atomic E-state index is 11.0. The molecule has 1 rings (SSSR count). The highest BCUT2D eigenvalue weighted by Gasteiger charge is 2.09. The third-order valence-electron chi connectivity index (χ3n) is 1.45. The summed E-state index contributed by atoms with van der Waals surface area (Å²) in [5, 5.41) is 8.59. The summed E-state index contributed by atoms with van der Waals surface area (Å²) in [6.07, 6.45) is 1.25. The van der Waals surface area contributed by atoms with Crippen LogP contribution in [-0.4, -0.2) is 18.1 Å². The predicted molar refractivity (Wildman–Crippen MR) is 44.7 cm³/mol. The molecule has 13 heavy (non-hydrogen) atoms. The van der Waals surface area contributed by atoms with E-state index in [1.54, 1.807) is 0 Å². The van der Waals surface area contributed by atoms with E-state index < -0.39 is 5.97 Å². The highest BCUT2D eigenvalue weighted by Crippen LogP contribution is 2.10. The number of nitrogen functional groups attached to an aromatic ring is 1. The van der Waals surface area contributed by atoms with Gasteiger partial charge in [-0.2, -0.15) is 5.26 Å². The molecule has 2 N–H and O–H groups in total. The topological polar surface area (TPSA) is 89.0 Å². The summed E-state index contributed by atoms with van der Waals surface area (Å²) in [5.41, 5.74) is 5.95. The Morgan fingerprint density at radius 1 is 1.77 bits per heavy atom. The predicted octanol–water partition coefficient (Wildman–Crippen LogP) is 0.322. The molecule has 0 aliphatic carbocycles. The minimum atomic E-state index is -0.587. The molecule has 0 aromatic carbocycles. The van der Waals surface area contributed by atoms with Crippen molar-refractivity contribution in [2.75, 3.05) is 12.8 Å². The first-order valence-corrected chi connectivity index (χ1v) is 3.43. The second-order valence-electron chi connectivity index (χ2n) is 2.26. The van der Waals surface area contributed by atoms with Gasteiger partial charge in [0, 0.05) is 0 Å². The summed E-state index contributed by atoms with van der Waals surface area (Å²) in [6, 6.07) is 3.13. The fourth-order valence-corrected chi connectivity index (χ4v) is 0.779. The quantitative estimate of drug-likeness (QED) is 0.624. The van der Waals surface area contributed by atoms with Gasteiger partial charge >= 0.3 is 5.97 Å². The number of esters is 1. The third-order valence-corrected chi connectivity index (χ3v) is 1.45. The Morgan fingerprint density at radius 3 is 3.00 bits per heavy atom. The van der Waals surface area contributed by atoms with Crippen molar-refractivity contribution in [1.82, 2.24) is 4.98 Å². The second-order valence-corrected chi connectivity index (χ2v) is 2.26. The molecule has 0 saturated heterocycles. The molecule has 0 bridgehead atoms. The van der Waals surface area contributed by atoms with Crippen LogP contribution >= 0.6 is 0 Å². The molecule has 0 aliphatic rings. The maximum atomic E-state index is 11.0. The van der Waals surface area contributed by atoms with Crippen LogP contribution < -0.4 is 5.73 Å². The molecule has 0 fully saturated rings. The number of anilines is 1. The van der Waals surface area contributed by atoms with Gasteiger partial charge in [0.15, 0.2) is 0 Å². The zero-order valence-electron chi connectivity index (χ0n) is 6.94. The lowest BCUT2D eigenvalue weighted by atomic mass is 10.2. The van der Waals surface area contributed by atoms with Crippen molar-refractivity contribution in [2.45, 2.75) is 0 Å². The molecule has 0 radical (unpaired) electrons. The summed E-state index contributed by atoms with van der Waals surface area (Å²) in [4.78, 5) is 14.7. The summed E-state index contributed by atoms with van der Waals surface area (Å²) in [5.74, 6) is -0.587. The van der Waals surface area contributed by atoms with Crippen molar-refractivity contribution in [2.24, 2.45) is 0 Å². The van der Waals surface area contributed by atoms with Crippen LogP contribution in [0, 0.1) is 11.3 Å². The molecule has 0 spiro atoms. The summed E-state index contributed by atoms with van der Waals surface area (Å²) in [7, 11) is 1.24. The number of nitrogens with two attached hydrogens (primary N) is 1. The Bertz CT molecular complexity index is 381. The monoisotopic (exact) mass is 177 g/mol. The minimum Gasteiger partial charge on any atom is -0.464 e. The molecule has 1 heterocycles. The molecule has 0 unspecified atom stereocenters. The van der Waals surface area contributed by atoms with Gasteiger partial charge in [-0.25, -0.2) is 9.78 Å². The summed E-state index contributed by atoms with van der Waals surface area (Å²) < 4.78 is 4.42. The highest BCUT2D eigenvalue weighted by molar-refractivity contribution is 5.88. The molecule has 1 aromatic heterocycles. The number of methoxy groups -OCH3 is 1. The molecular weight excluding hydrogens is 170 g/mol. The third kappa shape index (κ3) is 1.73. The van der Waals surface area contributed by atoms with Crippen LogP contribution in [0.25, 0.3) is 0 Å². The van der Waals surface area contributed by atoms with E-state index in [1.807, 2.05) is 6.07 Å². The number of hydrogen-bond donors (Lipinski definition) is 1. The first-order chi connectivity index (χ1) is 6.19. The number of pyridine rings is 1. The number of nitriles is 1. The van der Waals surface area contributed by atoms with E-state index in [1.165, 1.54) is 19.4 Å². The van der Waals surface area contributed by atoms with Crippen LogP contribution in [0.3, 0.4) is 0 Å².